The average molecular weight is 344 g/mol. The Kier molecular flexibility index (Phi) is 4.64. The molecule has 0 aromatic heterocycles. The minimum absolute atomic E-state index is 0.159. The molecule has 1 aromatic rings. The predicted octanol–water partition coefficient (Wildman–Crippen LogP) is 3.14. The summed E-state index contributed by atoms with van der Waals surface area (Å²) < 4.78 is 25.5. The van der Waals surface area contributed by atoms with Gasteiger partial charge in [0.15, 0.2) is 11.5 Å². The van der Waals surface area contributed by atoms with Gasteiger partial charge in [-0.25, -0.2) is 4.39 Å². The van der Waals surface area contributed by atoms with Gasteiger partial charge in [0.1, 0.15) is 5.67 Å². The molecule has 0 spiro atoms. The molecule has 1 aromatic carbocycles. The highest BCUT2D eigenvalue weighted by molar-refractivity contribution is 6.31. The minimum Gasteiger partial charge on any atom is -0.481 e. The third-order valence-electron chi connectivity index (χ3n) is 4.56. The molecule has 5 nitrogen and oxygen atoms in total. The second-order valence-electron chi connectivity index (χ2n) is 6.13. The van der Waals surface area contributed by atoms with E-state index in [1.54, 1.807) is 12.1 Å². The average Bonchev–Trinajstić information content (AvgIpc) is 2.98. The van der Waals surface area contributed by atoms with E-state index in [9.17, 15) is 9.18 Å². The number of rotatable bonds is 5. The molecule has 0 unspecified atom stereocenters. The SMILES string of the molecule is O=C(O)C1CCC(F)(CNCc2c(Cl)ccc3c2OCO3)CC1. The zero-order valence-corrected chi connectivity index (χ0v) is 13.4. The maximum Gasteiger partial charge on any atom is 0.306 e. The lowest BCUT2D eigenvalue weighted by Crippen LogP contribution is -2.40. The number of carboxylic acids is 1. The van der Waals surface area contributed by atoms with Gasteiger partial charge in [-0.3, -0.25) is 4.79 Å². The number of nitrogens with one attached hydrogen (secondary N) is 1. The van der Waals surface area contributed by atoms with E-state index < -0.39 is 17.6 Å². The largest absolute Gasteiger partial charge is 0.481 e. The number of carboxylic acid groups (broad SMARTS) is 1. The normalized spacial score (nSPS) is 26.3. The van der Waals surface area contributed by atoms with Crippen molar-refractivity contribution in [3.8, 4) is 11.5 Å². The summed E-state index contributed by atoms with van der Waals surface area (Å²) in [5.41, 5.74) is -0.613. The van der Waals surface area contributed by atoms with Crippen LogP contribution in [-0.2, 0) is 11.3 Å². The van der Waals surface area contributed by atoms with Gasteiger partial charge in [0, 0.05) is 23.7 Å². The highest BCUT2D eigenvalue weighted by Crippen LogP contribution is 2.40. The summed E-state index contributed by atoms with van der Waals surface area (Å²) in [7, 11) is 0. The molecule has 1 aliphatic carbocycles. The van der Waals surface area contributed by atoms with Crippen molar-refractivity contribution in [2.24, 2.45) is 5.92 Å². The van der Waals surface area contributed by atoms with Gasteiger partial charge in [-0.05, 0) is 37.8 Å². The van der Waals surface area contributed by atoms with Crippen LogP contribution in [0, 0.1) is 5.92 Å². The molecule has 126 valence electrons. The van der Waals surface area contributed by atoms with E-state index in [2.05, 4.69) is 5.32 Å². The van der Waals surface area contributed by atoms with Gasteiger partial charge in [0.25, 0.3) is 0 Å². The summed E-state index contributed by atoms with van der Waals surface area (Å²) in [6, 6.07) is 3.48. The Labute approximate surface area is 138 Å². The smallest absolute Gasteiger partial charge is 0.306 e. The first-order chi connectivity index (χ1) is 11.0. The molecule has 1 heterocycles. The summed E-state index contributed by atoms with van der Waals surface area (Å²) in [5, 5.41) is 12.6. The number of fused-ring (bicyclic) bond motifs is 1. The van der Waals surface area contributed by atoms with E-state index in [1.165, 1.54) is 0 Å². The van der Waals surface area contributed by atoms with E-state index in [4.69, 9.17) is 26.2 Å². The second-order valence-corrected chi connectivity index (χ2v) is 6.53. The van der Waals surface area contributed by atoms with Gasteiger partial charge < -0.3 is 19.9 Å². The van der Waals surface area contributed by atoms with E-state index in [0.717, 1.165) is 5.56 Å². The number of hydrogen-bond donors (Lipinski definition) is 2. The molecule has 3 rings (SSSR count). The number of alkyl halides is 1. The fourth-order valence-electron chi connectivity index (χ4n) is 3.14. The van der Waals surface area contributed by atoms with Crippen LogP contribution in [0.15, 0.2) is 12.1 Å². The fraction of sp³-hybridized carbons (Fsp3) is 0.562. The second kappa shape index (κ2) is 6.53. The topological polar surface area (TPSA) is 67.8 Å². The fourth-order valence-corrected chi connectivity index (χ4v) is 3.36. The van der Waals surface area contributed by atoms with Gasteiger partial charge >= 0.3 is 5.97 Å². The van der Waals surface area contributed by atoms with Crippen molar-refractivity contribution in [2.45, 2.75) is 37.9 Å². The van der Waals surface area contributed by atoms with Gasteiger partial charge in [-0.2, -0.15) is 0 Å². The molecule has 2 N–H and O–H groups in total. The van der Waals surface area contributed by atoms with Crippen LogP contribution >= 0.6 is 11.6 Å². The third-order valence-corrected chi connectivity index (χ3v) is 4.91. The number of aliphatic carboxylic acids is 1. The molecule has 7 heteroatoms. The lowest BCUT2D eigenvalue weighted by atomic mass is 9.80. The Bertz CT molecular complexity index is 602. The molecule has 1 aliphatic heterocycles. The third kappa shape index (κ3) is 3.53. The predicted molar refractivity (Wildman–Crippen MR) is 82.7 cm³/mol. The van der Waals surface area contributed by atoms with Gasteiger partial charge in [-0.15, -0.1) is 0 Å². The van der Waals surface area contributed by atoms with Crippen molar-refractivity contribution < 1.29 is 23.8 Å². The lowest BCUT2D eigenvalue weighted by molar-refractivity contribution is -0.143. The molecule has 0 saturated heterocycles. The molecular weight excluding hydrogens is 325 g/mol. The molecule has 2 aliphatic rings. The Morgan fingerprint density at radius 2 is 2.13 bits per heavy atom. The summed E-state index contributed by atoms with van der Waals surface area (Å²) in [5.74, 6) is -0.00401. The molecule has 0 amide bonds. The molecule has 1 saturated carbocycles. The molecule has 23 heavy (non-hydrogen) atoms. The van der Waals surface area contributed by atoms with Crippen molar-refractivity contribution in [1.82, 2.24) is 5.32 Å². The Morgan fingerprint density at radius 1 is 1.39 bits per heavy atom. The lowest BCUT2D eigenvalue weighted by Gasteiger charge is -2.32. The van der Waals surface area contributed by atoms with Crippen LogP contribution < -0.4 is 14.8 Å². The zero-order chi connectivity index (χ0) is 16.4. The van der Waals surface area contributed by atoms with Crippen molar-refractivity contribution >= 4 is 17.6 Å². The van der Waals surface area contributed by atoms with E-state index in [1.807, 2.05) is 0 Å². The van der Waals surface area contributed by atoms with Gasteiger partial charge in [0.05, 0.1) is 5.92 Å². The van der Waals surface area contributed by atoms with Crippen molar-refractivity contribution in [1.29, 1.82) is 0 Å². The molecule has 0 atom stereocenters. The van der Waals surface area contributed by atoms with Crippen molar-refractivity contribution in [3.63, 3.8) is 0 Å². The van der Waals surface area contributed by atoms with Gasteiger partial charge in [0.2, 0.25) is 6.79 Å². The van der Waals surface area contributed by atoms with Crippen LogP contribution in [-0.4, -0.2) is 30.1 Å². The first kappa shape index (κ1) is 16.3. The first-order valence-corrected chi connectivity index (χ1v) is 8.06. The maximum atomic E-state index is 14.7. The van der Waals surface area contributed by atoms with E-state index in [0.29, 0.717) is 35.9 Å². The quantitative estimate of drug-likeness (QED) is 0.859. The van der Waals surface area contributed by atoms with E-state index in [-0.39, 0.29) is 26.2 Å². The summed E-state index contributed by atoms with van der Waals surface area (Å²) >= 11 is 6.18. The number of halogens is 2. The Balaban J connectivity index is 1.56. The highest BCUT2D eigenvalue weighted by Gasteiger charge is 2.37. The molecular formula is C16H19ClFNO4. The maximum absolute atomic E-state index is 14.7. The Hall–Kier alpha value is -1.53. The highest BCUT2D eigenvalue weighted by atomic mass is 35.5. The number of ether oxygens (including phenoxy) is 2. The van der Waals surface area contributed by atoms with Crippen LogP contribution in [0.4, 0.5) is 4.39 Å². The number of hydrogen-bond acceptors (Lipinski definition) is 4. The van der Waals surface area contributed by atoms with Crippen LogP contribution in [0.1, 0.15) is 31.2 Å². The number of benzene rings is 1. The summed E-state index contributed by atoms with van der Waals surface area (Å²) in [4.78, 5) is 10.9. The summed E-state index contributed by atoms with van der Waals surface area (Å²) in [6.07, 6.45) is 1.28. The van der Waals surface area contributed by atoms with Crippen LogP contribution in [0.5, 0.6) is 11.5 Å². The number of carbonyl (C=O) groups is 1. The van der Waals surface area contributed by atoms with E-state index >= 15 is 0 Å². The standard InChI is InChI=1S/C16H19ClFNO4/c17-12-1-2-13-14(23-9-22-13)11(12)7-19-8-16(18)5-3-10(4-6-16)15(20)21/h1-2,10,19H,3-9H2,(H,20,21). The Morgan fingerprint density at radius 3 is 2.83 bits per heavy atom. The van der Waals surface area contributed by atoms with Crippen LogP contribution in [0.3, 0.4) is 0 Å². The monoisotopic (exact) mass is 343 g/mol. The molecule has 1 fully saturated rings. The van der Waals surface area contributed by atoms with Crippen molar-refractivity contribution in [2.75, 3.05) is 13.3 Å². The zero-order valence-electron chi connectivity index (χ0n) is 12.6. The van der Waals surface area contributed by atoms with Crippen LogP contribution in [0.25, 0.3) is 0 Å². The first-order valence-electron chi connectivity index (χ1n) is 7.68. The van der Waals surface area contributed by atoms with Crippen LogP contribution in [0.2, 0.25) is 5.02 Å². The summed E-state index contributed by atoms with van der Waals surface area (Å²) in [6.45, 7) is 0.700. The van der Waals surface area contributed by atoms with Crippen molar-refractivity contribution in [3.05, 3.63) is 22.7 Å². The molecule has 0 radical (unpaired) electrons. The van der Waals surface area contributed by atoms with Gasteiger partial charge in [-0.1, -0.05) is 11.6 Å². The molecule has 0 bridgehead atoms. The minimum atomic E-state index is -1.37.